The zero-order valence-electron chi connectivity index (χ0n) is 14.0. The molecule has 4 heteroatoms. The van der Waals surface area contributed by atoms with Gasteiger partial charge in [-0.3, -0.25) is 9.59 Å². The Morgan fingerprint density at radius 3 is 2.39 bits per heavy atom. The van der Waals surface area contributed by atoms with Gasteiger partial charge in [-0.15, -0.1) is 0 Å². The van der Waals surface area contributed by atoms with Crippen LogP contribution in [0.3, 0.4) is 0 Å². The minimum Gasteiger partial charge on any atom is -0.455 e. The third kappa shape index (κ3) is 3.81. The maximum atomic E-state index is 12.6. The fourth-order valence-corrected chi connectivity index (χ4v) is 2.96. The molecule has 1 saturated carbocycles. The van der Waals surface area contributed by atoms with Crippen molar-refractivity contribution in [3.8, 4) is 0 Å². The van der Waals surface area contributed by atoms with E-state index in [1.807, 2.05) is 44.2 Å². The number of hydrogen-bond donors (Lipinski definition) is 0. The highest BCUT2D eigenvalue weighted by atomic mass is 16.5. The van der Waals surface area contributed by atoms with Crippen LogP contribution in [0.4, 0.5) is 0 Å². The number of amides is 1. The molecule has 1 amide bonds. The Balaban J connectivity index is 1.98. The highest BCUT2D eigenvalue weighted by Gasteiger charge is 2.47. The van der Waals surface area contributed by atoms with Crippen molar-refractivity contribution in [1.29, 1.82) is 0 Å². The van der Waals surface area contributed by atoms with Gasteiger partial charge in [0, 0.05) is 13.1 Å². The van der Waals surface area contributed by atoms with Gasteiger partial charge in [0.05, 0.1) is 5.41 Å². The fourth-order valence-electron chi connectivity index (χ4n) is 2.96. The van der Waals surface area contributed by atoms with Gasteiger partial charge >= 0.3 is 5.97 Å². The number of nitrogens with zero attached hydrogens (tertiary/aromatic N) is 1. The first-order chi connectivity index (χ1) is 11.0. The second kappa shape index (κ2) is 7.44. The van der Waals surface area contributed by atoms with Crippen LogP contribution in [0.2, 0.25) is 0 Å². The van der Waals surface area contributed by atoms with Gasteiger partial charge in [-0.25, -0.2) is 0 Å². The van der Waals surface area contributed by atoms with Crippen molar-refractivity contribution in [2.45, 2.75) is 38.5 Å². The van der Waals surface area contributed by atoms with Gasteiger partial charge in [-0.2, -0.15) is 0 Å². The third-order valence-corrected chi connectivity index (χ3v) is 4.45. The average Bonchev–Trinajstić information content (AvgIpc) is 2.50. The molecule has 0 atom stereocenters. The smallest absolute Gasteiger partial charge is 0.317 e. The summed E-state index contributed by atoms with van der Waals surface area (Å²) < 4.78 is 5.37. The largest absolute Gasteiger partial charge is 0.455 e. The first kappa shape index (κ1) is 17.3. The Kier molecular flexibility index (Phi) is 5.59. The van der Waals surface area contributed by atoms with E-state index in [-0.39, 0.29) is 18.5 Å². The number of carbonyl (C=O) groups excluding carboxylic acids is 2. The number of carbonyl (C=O) groups is 2. The summed E-state index contributed by atoms with van der Waals surface area (Å²) in [6.07, 6.45) is 2.58. The zero-order chi connectivity index (χ0) is 16.9. The molecule has 0 unspecified atom stereocenters. The molecule has 0 aromatic heterocycles. The molecule has 23 heavy (non-hydrogen) atoms. The van der Waals surface area contributed by atoms with Crippen molar-refractivity contribution >= 4 is 11.9 Å². The summed E-state index contributed by atoms with van der Waals surface area (Å²) in [5.41, 5.74) is 1.33. The number of rotatable bonds is 7. The van der Waals surface area contributed by atoms with Gasteiger partial charge < -0.3 is 9.64 Å². The fraction of sp³-hybridized carbons (Fsp3) is 0.474. The molecule has 1 aliphatic rings. The van der Waals surface area contributed by atoms with E-state index in [2.05, 4.69) is 6.58 Å². The molecule has 2 rings (SSSR count). The van der Waals surface area contributed by atoms with Crippen molar-refractivity contribution in [2.75, 3.05) is 19.7 Å². The number of hydrogen-bond acceptors (Lipinski definition) is 3. The van der Waals surface area contributed by atoms with E-state index in [1.54, 1.807) is 4.90 Å². The van der Waals surface area contributed by atoms with Crippen molar-refractivity contribution in [3.63, 3.8) is 0 Å². The quantitative estimate of drug-likeness (QED) is 0.574. The summed E-state index contributed by atoms with van der Waals surface area (Å²) >= 11 is 0. The molecule has 124 valence electrons. The second-order valence-corrected chi connectivity index (χ2v) is 6.24. The summed E-state index contributed by atoms with van der Waals surface area (Å²) in [5, 5.41) is 0. The number of esters is 1. The summed E-state index contributed by atoms with van der Waals surface area (Å²) in [7, 11) is 0. The maximum absolute atomic E-state index is 12.6. The molecule has 1 fully saturated rings. The second-order valence-electron chi connectivity index (χ2n) is 6.24. The highest BCUT2D eigenvalue weighted by molar-refractivity contribution is 5.87. The van der Waals surface area contributed by atoms with Crippen LogP contribution in [0.1, 0.15) is 38.7 Å². The topological polar surface area (TPSA) is 46.6 Å². The number of likely N-dealkylation sites (N-methyl/N-ethyl adjacent to an activating group) is 1. The Morgan fingerprint density at radius 2 is 1.91 bits per heavy atom. The van der Waals surface area contributed by atoms with Crippen LogP contribution in [0.5, 0.6) is 0 Å². The summed E-state index contributed by atoms with van der Waals surface area (Å²) in [4.78, 5) is 26.4. The first-order valence-corrected chi connectivity index (χ1v) is 8.14. The van der Waals surface area contributed by atoms with E-state index in [4.69, 9.17) is 4.74 Å². The molecule has 0 saturated heterocycles. The molecule has 0 heterocycles. The Morgan fingerprint density at radius 1 is 1.26 bits per heavy atom. The Bertz CT molecular complexity index is 576. The predicted octanol–water partition coefficient (Wildman–Crippen LogP) is 3.08. The van der Waals surface area contributed by atoms with E-state index in [9.17, 15) is 9.59 Å². The Hall–Kier alpha value is -2.10. The molecule has 0 bridgehead atoms. The van der Waals surface area contributed by atoms with E-state index in [0.717, 1.165) is 30.4 Å². The molecule has 0 spiro atoms. The van der Waals surface area contributed by atoms with Crippen LogP contribution >= 0.6 is 0 Å². The summed E-state index contributed by atoms with van der Waals surface area (Å²) in [6.45, 7) is 8.47. The number of benzene rings is 1. The van der Waals surface area contributed by atoms with Gasteiger partial charge in [0.1, 0.15) is 0 Å². The monoisotopic (exact) mass is 315 g/mol. The summed E-state index contributed by atoms with van der Waals surface area (Å²) in [6, 6.07) is 9.71. The van der Waals surface area contributed by atoms with Crippen molar-refractivity contribution in [1.82, 2.24) is 4.90 Å². The van der Waals surface area contributed by atoms with Crippen LogP contribution in [0.15, 0.2) is 42.5 Å². The van der Waals surface area contributed by atoms with E-state index >= 15 is 0 Å². The van der Waals surface area contributed by atoms with Crippen LogP contribution in [0.25, 0.3) is 0 Å². The standard InChI is InChI=1S/C19H25NO3/c1-4-20(13-15(2)3)17(21)14-23-18(22)19(11-8-12-19)16-9-6-5-7-10-16/h5-7,9-10H,2,4,8,11-14H2,1,3H3. The van der Waals surface area contributed by atoms with Crippen LogP contribution in [0, 0.1) is 0 Å². The molecular formula is C19H25NO3. The van der Waals surface area contributed by atoms with Crippen molar-refractivity contribution in [2.24, 2.45) is 0 Å². The van der Waals surface area contributed by atoms with E-state index < -0.39 is 5.41 Å². The van der Waals surface area contributed by atoms with Crippen LogP contribution in [-0.4, -0.2) is 36.5 Å². The minimum absolute atomic E-state index is 0.175. The molecular weight excluding hydrogens is 290 g/mol. The summed E-state index contributed by atoms with van der Waals surface area (Å²) in [5.74, 6) is -0.457. The molecule has 0 radical (unpaired) electrons. The molecule has 4 nitrogen and oxygen atoms in total. The highest BCUT2D eigenvalue weighted by Crippen LogP contribution is 2.44. The van der Waals surface area contributed by atoms with Gasteiger partial charge in [0.15, 0.2) is 6.61 Å². The lowest BCUT2D eigenvalue weighted by Gasteiger charge is -2.39. The van der Waals surface area contributed by atoms with Crippen LogP contribution in [-0.2, 0) is 19.7 Å². The lowest BCUT2D eigenvalue weighted by molar-refractivity contribution is -0.160. The molecule has 1 aromatic carbocycles. The third-order valence-electron chi connectivity index (χ3n) is 4.45. The lowest BCUT2D eigenvalue weighted by atomic mass is 9.64. The van der Waals surface area contributed by atoms with E-state index in [0.29, 0.717) is 13.1 Å². The SMILES string of the molecule is C=C(C)CN(CC)C(=O)COC(=O)C1(c2ccccc2)CCC1. The normalized spacial score (nSPS) is 15.4. The molecule has 1 aromatic rings. The average molecular weight is 315 g/mol. The molecule has 0 aliphatic heterocycles. The number of ether oxygens (including phenoxy) is 1. The Labute approximate surface area is 138 Å². The van der Waals surface area contributed by atoms with Crippen LogP contribution < -0.4 is 0 Å². The zero-order valence-corrected chi connectivity index (χ0v) is 14.0. The maximum Gasteiger partial charge on any atom is 0.317 e. The van der Waals surface area contributed by atoms with E-state index in [1.165, 1.54) is 0 Å². The first-order valence-electron chi connectivity index (χ1n) is 8.14. The van der Waals surface area contributed by atoms with Crippen molar-refractivity contribution < 1.29 is 14.3 Å². The van der Waals surface area contributed by atoms with Gasteiger partial charge in [-0.05, 0) is 32.3 Å². The minimum atomic E-state index is -0.563. The van der Waals surface area contributed by atoms with Gasteiger partial charge in [0.2, 0.25) is 0 Å². The van der Waals surface area contributed by atoms with Gasteiger partial charge in [0.25, 0.3) is 5.91 Å². The van der Waals surface area contributed by atoms with Crippen molar-refractivity contribution in [3.05, 3.63) is 48.0 Å². The lowest BCUT2D eigenvalue weighted by Crippen LogP contribution is -2.45. The molecule has 0 N–H and O–H groups in total. The molecule has 1 aliphatic carbocycles. The predicted molar refractivity (Wildman–Crippen MR) is 90.0 cm³/mol. The van der Waals surface area contributed by atoms with Gasteiger partial charge in [-0.1, -0.05) is 48.9 Å².